The molecular weight excluding hydrogens is 405 g/mol. The predicted octanol–water partition coefficient (Wildman–Crippen LogP) is 4.37. The van der Waals surface area contributed by atoms with Gasteiger partial charge in [-0.05, 0) is 43.4 Å². The summed E-state index contributed by atoms with van der Waals surface area (Å²) in [4.78, 5) is 16.5. The average molecular weight is 427 g/mol. The summed E-state index contributed by atoms with van der Waals surface area (Å²) in [6, 6.07) is 5.65. The molecule has 2 aromatic rings. The third-order valence-corrected chi connectivity index (χ3v) is 6.25. The van der Waals surface area contributed by atoms with E-state index < -0.39 is 11.7 Å². The van der Waals surface area contributed by atoms with Crippen LogP contribution in [0.15, 0.2) is 36.7 Å². The number of fused-ring (bicyclic) bond motifs is 1. The molecule has 156 valence electrons. The summed E-state index contributed by atoms with van der Waals surface area (Å²) in [5, 5.41) is 4.40. The molecule has 0 unspecified atom stereocenters. The standard InChI is InChI=1S/C20H22ClF3N4O/c1-26(9-13-3-2-4-16(5-13)20(22,23)24)18-6-14-10-27(11-15(14)7-18)19(29)28-12-17(21)8-25-28/h2-5,8,12,14-15,18H,6-7,9-11H2,1H3/t14-,15+,18+. The molecule has 1 saturated carbocycles. The van der Waals surface area contributed by atoms with Crippen LogP contribution in [0.2, 0.25) is 5.02 Å². The number of nitrogens with zero attached hydrogens (tertiary/aromatic N) is 4. The Morgan fingerprint density at radius 1 is 1.28 bits per heavy atom. The van der Waals surface area contributed by atoms with E-state index in [0.29, 0.717) is 48.1 Å². The van der Waals surface area contributed by atoms with Gasteiger partial charge in [-0.2, -0.15) is 23.0 Å². The molecule has 3 atom stereocenters. The van der Waals surface area contributed by atoms with Crippen molar-refractivity contribution in [3.63, 3.8) is 0 Å². The number of hydrogen-bond donors (Lipinski definition) is 0. The van der Waals surface area contributed by atoms with Crippen molar-refractivity contribution >= 4 is 17.6 Å². The molecule has 9 heteroatoms. The molecule has 1 saturated heterocycles. The number of carbonyl (C=O) groups is 1. The Labute approximate surface area is 172 Å². The minimum atomic E-state index is -4.33. The summed E-state index contributed by atoms with van der Waals surface area (Å²) in [5.74, 6) is 0.804. The van der Waals surface area contributed by atoms with Crippen LogP contribution >= 0.6 is 11.6 Å². The van der Waals surface area contributed by atoms with Crippen LogP contribution in [0.25, 0.3) is 0 Å². The van der Waals surface area contributed by atoms with Gasteiger partial charge < -0.3 is 4.90 Å². The Kier molecular flexibility index (Phi) is 5.33. The summed E-state index contributed by atoms with van der Waals surface area (Å²) >= 11 is 5.84. The lowest BCUT2D eigenvalue weighted by Gasteiger charge is -2.26. The quantitative estimate of drug-likeness (QED) is 0.732. The van der Waals surface area contributed by atoms with Gasteiger partial charge >= 0.3 is 12.2 Å². The van der Waals surface area contributed by atoms with Crippen LogP contribution in [0.4, 0.5) is 18.0 Å². The van der Waals surface area contributed by atoms with E-state index in [1.165, 1.54) is 29.2 Å². The monoisotopic (exact) mass is 426 g/mol. The molecule has 29 heavy (non-hydrogen) atoms. The van der Waals surface area contributed by atoms with E-state index >= 15 is 0 Å². The number of carbonyl (C=O) groups excluding carboxylic acids is 1. The second-order valence-corrected chi connectivity index (χ2v) is 8.49. The van der Waals surface area contributed by atoms with E-state index in [4.69, 9.17) is 11.6 Å². The molecule has 1 aromatic heterocycles. The second kappa shape index (κ2) is 7.65. The van der Waals surface area contributed by atoms with E-state index in [1.807, 2.05) is 11.9 Å². The average Bonchev–Trinajstić information content (AvgIpc) is 3.35. The third-order valence-electron chi connectivity index (χ3n) is 6.05. The number of halogens is 4. The van der Waals surface area contributed by atoms with Gasteiger partial charge in [0.05, 0.1) is 23.0 Å². The smallest absolute Gasteiger partial charge is 0.322 e. The lowest BCUT2D eigenvalue weighted by Crippen LogP contribution is -2.36. The van der Waals surface area contributed by atoms with Crippen LogP contribution in [0, 0.1) is 11.8 Å². The zero-order valence-electron chi connectivity index (χ0n) is 15.9. The Bertz CT molecular complexity index is 886. The highest BCUT2D eigenvalue weighted by Crippen LogP contribution is 2.40. The van der Waals surface area contributed by atoms with Gasteiger partial charge in [0.15, 0.2) is 0 Å². The van der Waals surface area contributed by atoms with Crippen molar-refractivity contribution in [2.45, 2.75) is 31.6 Å². The van der Waals surface area contributed by atoms with Crippen molar-refractivity contribution < 1.29 is 18.0 Å². The molecule has 4 rings (SSSR count). The number of benzene rings is 1. The molecule has 5 nitrogen and oxygen atoms in total. The fraction of sp³-hybridized carbons (Fsp3) is 0.500. The number of hydrogen-bond acceptors (Lipinski definition) is 3. The van der Waals surface area contributed by atoms with Crippen molar-refractivity contribution in [1.82, 2.24) is 19.6 Å². The van der Waals surface area contributed by atoms with Crippen molar-refractivity contribution in [3.05, 3.63) is 52.8 Å². The first-order chi connectivity index (χ1) is 13.7. The first-order valence-electron chi connectivity index (χ1n) is 9.56. The highest BCUT2D eigenvalue weighted by atomic mass is 35.5. The number of alkyl halides is 3. The van der Waals surface area contributed by atoms with E-state index in [9.17, 15) is 18.0 Å². The summed E-state index contributed by atoms with van der Waals surface area (Å²) in [6.07, 6.45) is 0.486. The van der Waals surface area contributed by atoms with E-state index in [-0.39, 0.29) is 6.03 Å². The second-order valence-electron chi connectivity index (χ2n) is 8.05. The van der Waals surface area contributed by atoms with E-state index in [0.717, 1.165) is 18.9 Å². The topological polar surface area (TPSA) is 41.4 Å². The highest BCUT2D eigenvalue weighted by Gasteiger charge is 2.43. The van der Waals surface area contributed by atoms with E-state index in [1.54, 1.807) is 6.07 Å². The highest BCUT2D eigenvalue weighted by molar-refractivity contribution is 6.30. The molecular formula is C20H22ClF3N4O. The number of aromatic nitrogens is 2. The normalized spacial score (nSPS) is 24.3. The molecule has 0 bridgehead atoms. The van der Waals surface area contributed by atoms with E-state index in [2.05, 4.69) is 10.00 Å². The molecule has 0 spiro atoms. The third kappa shape index (κ3) is 4.28. The van der Waals surface area contributed by atoms with Gasteiger partial charge in [0.25, 0.3) is 0 Å². The van der Waals surface area contributed by atoms with Gasteiger partial charge in [-0.3, -0.25) is 4.90 Å². The van der Waals surface area contributed by atoms with Crippen molar-refractivity contribution in [3.8, 4) is 0 Å². The summed E-state index contributed by atoms with van der Waals surface area (Å²) in [6.45, 7) is 1.83. The lowest BCUT2D eigenvalue weighted by molar-refractivity contribution is -0.137. The molecule has 2 heterocycles. The van der Waals surface area contributed by atoms with Gasteiger partial charge in [-0.15, -0.1) is 0 Å². The zero-order chi connectivity index (χ0) is 20.8. The van der Waals surface area contributed by atoms with Gasteiger partial charge in [-0.1, -0.05) is 29.8 Å². The minimum absolute atomic E-state index is 0.167. The van der Waals surface area contributed by atoms with Gasteiger partial charge in [-0.25, -0.2) is 4.79 Å². The van der Waals surface area contributed by atoms with Crippen molar-refractivity contribution in [2.75, 3.05) is 20.1 Å². The van der Waals surface area contributed by atoms with Crippen LogP contribution in [0.1, 0.15) is 24.0 Å². The number of amides is 1. The van der Waals surface area contributed by atoms with Gasteiger partial charge in [0.1, 0.15) is 0 Å². The molecule has 0 N–H and O–H groups in total. The molecule has 1 aromatic carbocycles. The maximum Gasteiger partial charge on any atom is 0.416 e. The summed E-state index contributed by atoms with van der Waals surface area (Å²) < 4.78 is 40.1. The van der Waals surface area contributed by atoms with Crippen LogP contribution in [-0.2, 0) is 12.7 Å². The summed E-state index contributed by atoms with van der Waals surface area (Å²) in [5.41, 5.74) is 0.0475. The van der Waals surface area contributed by atoms with Crippen LogP contribution in [0.3, 0.4) is 0 Å². The zero-order valence-corrected chi connectivity index (χ0v) is 16.7. The fourth-order valence-corrected chi connectivity index (χ4v) is 4.73. The molecule has 2 aliphatic rings. The maximum absolute atomic E-state index is 12.9. The Morgan fingerprint density at radius 3 is 2.55 bits per heavy atom. The van der Waals surface area contributed by atoms with Crippen molar-refractivity contribution in [1.29, 1.82) is 0 Å². The number of rotatable bonds is 3. The molecule has 2 fully saturated rings. The maximum atomic E-state index is 12.9. The van der Waals surface area contributed by atoms with Crippen LogP contribution in [-0.4, -0.2) is 51.8 Å². The largest absolute Gasteiger partial charge is 0.416 e. The molecule has 0 radical (unpaired) electrons. The SMILES string of the molecule is CN(Cc1cccc(C(F)(F)F)c1)[C@H]1C[C@@H]2CN(C(=O)n3cc(Cl)cn3)C[C@@H]2C1. The Morgan fingerprint density at radius 2 is 1.97 bits per heavy atom. The number of likely N-dealkylation sites (tertiary alicyclic amines) is 1. The first kappa shape index (κ1) is 20.2. The lowest BCUT2D eigenvalue weighted by atomic mass is 10.0. The first-order valence-corrected chi connectivity index (χ1v) is 9.94. The van der Waals surface area contributed by atoms with Crippen LogP contribution in [0.5, 0.6) is 0 Å². The van der Waals surface area contributed by atoms with Crippen LogP contribution < -0.4 is 0 Å². The molecule has 1 aliphatic carbocycles. The minimum Gasteiger partial charge on any atom is -0.322 e. The Hall–Kier alpha value is -2.06. The van der Waals surface area contributed by atoms with Gasteiger partial charge in [0.2, 0.25) is 0 Å². The van der Waals surface area contributed by atoms with Gasteiger partial charge in [0, 0.05) is 25.7 Å². The molecule has 1 aliphatic heterocycles. The predicted molar refractivity (Wildman–Crippen MR) is 103 cm³/mol. The fourth-order valence-electron chi connectivity index (χ4n) is 4.60. The summed E-state index contributed by atoms with van der Waals surface area (Å²) in [7, 11) is 1.96. The van der Waals surface area contributed by atoms with Crippen molar-refractivity contribution in [2.24, 2.45) is 11.8 Å². The Balaban J connectivity index is 1.34. The molecule has 1 amide bonds.